The van der Waals surface area contributed by atoms with Crippen LogP contribution in [0.5, 0.6) is 0 Å². The molecule has 0 fully saturated rings. The number of rotatable bonds is 7. The summed E-state index contributed by atoms with van der Waals surface area (Å²) in [6.07, 6.45) is 1.95. The summed E-state index contributed by atoms with van der Waals surface area (Å²) < 4.78 is 4.81. The van der Waals surface area contributed by atoms with Crippen LogP contribution < -0.4 is 0 Å². The van der Waals surface area contributed by atoms with Crippen molar-refractivity contribution in [3.63, 3.8) is 0 Å². The fourth-order valence-electron chi connectivity index (χ4n) is 1.50. The molecule has 0 bridgehead atoms. The number of halogens is 1. The fraction of sp³-hybridized carbons (Fsp3) is 0.923. The molecule has 2 unspecified atom stereocenters. The minimum absolute atomic E-state index is 0.123. The molecule has 0 spiro atoms. The standard InChI is InChI=1S/C13H25ClN2O2S/c1-7-8-13(6,16-15-12(3,4)5)19-10(2)9-18-11(14)17/h10H,7-9H2,1-6H3/b16-15+. The smallest absolute Gasteiger partial charge is 0.403 e. The van der Waals surface area contributed by atoms with Crippen LogP contribution in [0.15, 0.2) is 10.2 Å². The Balaban J connectivity index is 4.61. The molecule has 0 aromatic heterocycles. The highest BCUT2D eigenvalue weighted by molar-refractivity contribution is 8.01. The predicted octanol–water partition coefficient (Wildman–Crippen LogP) is 5.25. The van der Waals surface area contributed by atoms with Crippen LogP contribution in [0.2, 0.25) is 0 Å². The summed E-state index contributed by atoms with van der Waals surface area (Å²) >= 11 is 6.82. The third kappa shape index (κ3) is 10.2. The Morgan fingerprint density at radius 1 is 1.32 bits per heavy atom. The Kier molecular flexibility index (Phi) is 7.98. The minimum Gasteiger partial charge on any atom is -0.453 e. The number of nitrogens with zero attached hydrogens (tertiary/aromatic N) is 2. The molecule has 0 saturated heterocycles. The van der Waals surface area contributed by atoms with Crippen molar-refractivity contribution in [2.45, 2.75) is 70.0 Å². The molecule has 0 saturated carbocycles. The lowest BCUT2D eigenvalue weighted by molar-refractivity contribution is 0.175. The van der Waals surface area contributed by atoms with Gasteiger partial charge in [0.05, 0.1) is 5.54 Å². The van der Waals surface area contributed by atoms with E-state index in [9.17, 15) is 4.79 Å². The van der Waals surface area contributed by atoms with Crippen LogP contribution in [-0.4, -0.2) is 27.7 Å². The molecule has 0 aliphatic rings. The van der Waals surface area contributed by atoms with Crippen molar-refractivity contribution in [2.24, 2.45) is 10.2 Å². The summed E-state index contributed by atoms with van der Waals surface area (Å²) in [5.74, 6) is 0. The van der Waals surface area contributed by atoms with E-state index >= 15 is 0 Å². The van der Waals surface area contributed by atoms with E-state index in [2.05, 4.69) is 24.1 Å². The van der Waals surface area contributed by atoms with Crippen molar-refractivity contribution < 1.29 is 9.53 Å². The highest BCUT2D eigenvalue weighted by atomic mass is 35.5. The summed E-state index contributed by atoms with van der Waals surface area (Å²) in [4.78, 5) is 10.3. The normalized spacial score (nSPS) is 17.2. The topological polar surface area (TPSA) is 51.0 Å². The average Bonchev–Trinajstić information content (AvgIpc) is 2.23. The maximum atomic E-state index is 10.6. The lowest BCUT2D eigenvalue weighted by atomic mass is 10.1. The second-order valence-electron chi connectivity index (χ2n) is 5.77. The highest BCUT2D eigenvalue weighted by Gasteiger charge is 2.27. The summed E-state index contributed by atoms with van der Waals surface area (Å²) in [5, 5.41) is 8.99. The van der Waals surface area contributed by atoms with Crippen molar-refractivity contribution in [2.75, 3.05) is 6.61 Å². The molecule has 2 atom stereocenters. The van der Waals surface area contributed by atoms with Crippen LogP contribution in [0.1, 0.15) is 54.4 Å². The molecule has 0 heterocycles. The molecular weight excluding hydrogens is 284 g/mol. The molecule has 0 aromatic rings. The van der Waals surface area contributed by atoms with E-state index in [4.69, 9.17) is 16.3 Å². The predicted molar refractivity (Wildman–Crippen MR) is 82.2 cm³/mol. The van der Waals surface area contributed by atoms with E-state index < -0.39 is 5.43 Å². The van der Waals surface area contributed by atoms with Gasteiger partial charge in [0.1, 0.15) is 11.5 Å². The van der Waals surface area contributed by atoms with E-state index in [1.165, 1.54) is 0 Å². The zero-order chi connectivity index (χ0) is 15.1. The van der Waals surface area contributed by atoms with Crippen LogP contribution in [0.3, 0.4) is 0 Å². The molecule has 0 aliphatic heterocycles. The van der Waals surface area contributed by atoms with Gasteiger partial charge in [-0.25, -0.2) is 4.79 Å². The monoisotopic (exact) mass is 308 g/mol. The first-order valence-electron chi connectivity index (χ1n) is 6.52. The molecule has 0 amide bonds. The van der Waals surface area contributed by atoms with Gasteiger partial charge < -0.3 is 4.74 Å². The first-order valence-corrected chi connectivity index (χ1v) is 7.78. The molecule has 0 radical (unpaired) electrons. The molecule has 112 valence electrons. The van der Waals surface area contributed by atoms with Gasteiger partial charge in [0.25, 0.3) is 0 Å². The van der Waals surface area contributed by atoms with Crippen molar-refractivity contribution in [1.29, 1.82) is 0 Å². The second kappa shape index (κ2) is 8.10. The first kappa shape index (κ1) is 18.7. The SMILES string of the molecule is CCCC(C)(/N=N/C(C)(C)C)SC(C)COC(=O)Cl. The number of carbonyl (C=O) groups excluding carboxylic acids is 1. The van der Waals surface area contributed by atoms with Crippen molar-refractivity contribution >= 4 is 28.8 Å². The van der Waals surface area contributed by atoms with Gasteiger partial charge in [0.15, 0.2) is 0 Å². The first-order chi connectivity index (χ1) is 8.58. The van der Waals surface area contributed by atoms with Gasteiger partial charge in [-0.2, -0.15) is 10.2 Å². The Morgan fingerprint density at radius 2 is 1.89 bits per heavy atom. The van der Waals surface area contributed by atoms with E-state index in [-0.39, 0.29) is 22.3 Å². The lowest BCUT2D eigenvalue weighted by Crippen LogP contribution is -2.24. The number of azo groups is 1. The van der Waals surface area contributed by atoms with Crippen LogP contribution in [-0.2, 0) is 4.74 Å². The minimum atomic E-state index is -0.763. The number of hydrogen-bond donors (Lipinski definition) is 0. The van der Waals surface area contributed by atoms with Crippen LogP contribution in [0, 0.1) is 0 Å². The number of thioether (sulfide) groups is 1. The van der Waals surface area contributed by atoms with E-state index in [0.717, 1.165) is 12.8 Å². The molecule has 6 heteroatoms. The summed E-state index contributed by atoms with van der Waals surface area (Å²) in [7, 11) is 0. The van der Waals surface area contributed by atoms with Gasteiger partial charge in [0, 0.05) is 16.9 Å². The molecular formula is C13H25ClN2O2S. The van der Waals surface area contributed by atoms with E-state index in [1.807, 2.05) is 27.7 Å². The highest BCUT2D eigenvalue weighted by Crippen LogP contribution is 2.36. The van der Waals surface area contributed by atoms with Gasteiger partial charge in [-0.3, -0.25) is 0 Å². The Morgan fingerprint density at radius 3 is 2.32 bits per heavy atom. The third-order valence-corrected chi connectivity index (χ3v) is 3.60. The van der Waals surface area contributed by atoms with E-state index in [0.29, 0.717) is 0 Å². The maximum Gasteiger partial charge on any atom is 0.403 e. The molecule has 0 aromatic carbocycles. The van der Waals surface area contributed by atoms with Crippen LogP contribution >= 0.6 is 23.4 Å². The number of carbonyl (C=O) groups is 1. The lowest BCUT2D eigenvalue weighted by Gasteiger charge is -2.27. The molecule has 19 heavy (non-hydrogen) atoms. The average molecular weight is 309 g/mol. The van der Waals surface area contributed by atoms with Crippen molar-refractivity contribution in [3.05, 3.63) is 0 Å². The summed E-state index contributed by atoms with van der Waals surface area (Å²) in [5.41, 5.74) is -0.942. The third-order valence-electron chi connectivity index (χ3n) is 2.16. The van der Waals surface area contributed by atoms with Gasteiger partial charge in [-0.1, -0.05) is 13.3 Å². The number of ether oxygens (including phenoxy) is 1. The zero-order valence-electron chi connectivity index (χ0n) is 12.7. The largest absolute Gasteiger partial charge is 0.453 e. The van der Waals surface area contributed by atoms with E-state index in [1.54, 1.807) is 11.8 Å². The van der Waals surface area contributed by atoms with Gasteiger partial charge in [0.2, 0.25) is 0 Å². The van der Waals surface area contributed by atoms with Gasteiger partial charge in [-0.05, 0) is 41.0 Å². The fourth-order valence-corrected chi connectivity index (χ4v) is 2.98. The Bertz CT molecular complexity index is 318. The second-order valence-corrected chi connectivity index (χ2v) is 8.00. The maximum absolute atomic E-state index is 10.6. The zero-order valence-corrected chi connectivity index (χ0v) is 14.3. The van der Waals surface area contributed by atoms with Gasteiger partial charge >= 0.3 is 5.43 Å². The van der Waals surface area contributed by atoms with Crippen LogP contribution in [0.25, 0.3) is 0 Å². The van der Waals surface area contributed by atoms with Gasteiger partial charge in [-0.15, -0.1) is 11.8 Å². The summed E-state index contributed by atoms with van der Waals surface area (Å²) in [6.45, 7) is 12.5. The van der Waals surface area contributed by atoms with Crippen molar-refractivity contribution in [3.8, 4) is 0 Å². The Hall–Kier alpha value is -0.290. The molecule has 4 nitrogen and oxygen atoms in total. The molecule has 0 N–H and O–H groups in total. The van der Waals surface area contributed by atoms with Crippen molar-refractivity contribution in [1.82, 2.24) is 0 Å². The molecule has 0 aliphatic carbocycles. The molecule has 0 rings (SSSR count). The summed E-state index contributed by atoms with van der Waals surface area (Å²) in [6, 6.07) is 0. The number of hydrogen-bond acceptors (Lipinski definition) is 5. The van der Waals surface area contributed by atoms with Crippen LogP contribution in [0.4, 0.5) is 4.79 Å². The quantitative estimate of drug-likeness (QED) is 0.476. The Labute approximate surface area is 125 Å².